The molecule has 3 rings (SSSR count). The first-order valence-corrected chi connectivity index (χ1v) is 6.41. The van der Waals surface area contributed by atoms with Gasteiger partial charge in [-0.3, -0.25) is 4.79 Å². The number of hydrogen-bond acceptors (Lipinski definition) is 4. The number of ketones is 1. The third kappa shape index (κ3) is 2.53. The van der Waals surface area contributed by atoms with Gasteiger partial charge in [0, 0.05) is 11.6 Å². The number of carbonyl (C=O) groups excluding carboxylic acids is 1. The summed E-state index contributed by atoms with van der Waals surface area (Å²) in [4.78, 5) is 12.6. The Kier molecular flexibility index (Phi) is 3.23. The molecule has 0 aliphatic heterocycles. The number of nitrogens with zero attached hydrogens (tertiary/aromatic N) is 2. The summed E-state index contributed by atoms with van der Waals surface area (Å²) >= 11 is 0. The van der Waals surface area contributed by atoms with Gasteiger partial charge < -0.3 is 9.63 Å². The van der Waals surface area contributed by atoms with Crippen molar-refractivity contribution in [2.75, 3.05) is 0 Å². The predicted octanol–water partition coefficient (Wildman–Crippen LogP) is 1.56. The van der Waals surface area contributed by atoms with Crippen molar-refractivity contribution in [1.82, 2.24) is 5.27 Å². The highest BCUT2D eigenvalue weighted by Gasteiger charge is 2.21. The van der Waals surface area contributed by atoms with E-state index in [0.29, 0.717) is 16.8 Å². The first kappa shape index (κ1) is 13.1. The minimum atomic E-state index is -0.562. The third-order valence-corrected chi connectivity index (χ3v) is 3.16. The molecule has 0 atom stereocenters. The maximum atomic E-state index is 12.6. The van der Waals surface area contributed by atoms with Gasteiger partial charge in [-0.15, -0.1) is 0 Å². The average Bonchev–Trinajstić information content (AvgIpc) is 2.94. The zero-order valence-electron chi connectivity index (χ0n) is 11.3. The molecule has 0 bridgehead atoms. The number of aromatic nitrogens is 2. The highest BCUT2D eigenvalue weighted by atomic mass is 16.6. The lowest BCUT2D eigenvalue weighted by molar-refractivity contribution is -0.670. The Hall–Kier alpha value is -2.95. The summed E-state index contributed by atoms with van der Waals surface area (Å²) in [5.41, 5.74) is 2.63. The number of para-hydroxylation sites is 1. The molecule has 5 nitrogen and oxygen atoms in total. The number of rotatable bonds is 3. The van der Waals surface area contributed by atoms with E-state index >= 15 is 0 Å². The van der Waals surface area contributed by atoms with E-state index in [4.69, 9.17) is 0 Å². The Balaban J connectivity index is 2.06. The van der Waals surface area contributed by atoms with Gasteiger partial charge >= 0.3 is 0 Å². The molecule has 2 aromatic carbocycles. The number of carbonyl (C=O) groups is 1. The first-order valence-electron chi connectivity index (χ1n) is 6.41. The molecule has 0 saturated carbocycles. The molecule has 3 aromatic rings. The van der Waals surface area contributed by atoms with Gasteiger partial charge in [-0.2, -0.15) is 0 Å². The van der Waals surface area contributed by atoms with Crippen LogP contribution < -0.4 is 9.79 Å². The van der Waals surface area contributed by atoms with Crippen molar-refractivity contribution in [2.45, 2.75) is 6.92 Å². The van der Waals surface area contributed by atoms with Gasteiger partial charge in [-0.25, -0.2) is 0 Å². The molecule has 0 saturated heterocycles. The molecular weight excluding hydrogens is 268 g/mol. The normalized spacial score (nSPS) is 10.5. The van der Waals surface area contributed by atoms with Crippen LogP contribution in [0.4, 0.5) is 0 Å². The summed E-state index contributed by atoms with van der Waals surface area (Å²) in [6, 6.07) is 14.3. The molecule has 0 aliphatic carbocycles. The van der Waals surface area contributed by atoms with Crippen molar-refractivity contribution in [3.63, 3.8) is 0 Å². The second-order valence-electron chi connectivity index (χ2n) is 4.68. The van der Waals surface area contributed by atoms with Crippen LogP contribution in [0.2, 0.25) is 0 Å². The van der Waals surface area contributed by atoms with Gasteiger partial charge in [0.25, 0.3) is 0 Å². The Morgan fingerprint density at radius 1 is 1.14 bits per heavy atom. The quantitative estimate of drug-likeness (QED) is 0.539. The molecule has 0 N–H and O–H groups in total. The Labute approximate surface area is 121 Å². The average molecular weight is 280 g/mol. The van der Waals surface area contributed by atoms with Crippen molar-refractivity contribution >= 4 is 5.78 Å². The van der Waals surface area contributed by atoms with Gasteiger partial charge in [0.05, 0.1) is 10.8 Å². The van der Waals surface area contributed by atoms with Crippen LogP contribution in [0, 0.1) is 6.92 Å². The molecule has 1 heterocycles. The van der Waals surface area contributed by atoms with Crippen LogP contribution in [-0.2, 0) is 0 Å². The predicted molar refractivity (Wildman–Crippen MR) is 72.1 cm³/mol. The van der Waals surface area contributed by atoms with Crippen LogP contribution in [-0.4, -0.2) is 11.1 Å². The maximum absolute atomic E-state index is 12.6. The highest BCUT2D eigenvalue weighted by Crippen LogP contribution is 2.15. The summed E-state index contributed by atoms with van der Waals surface area (Å²) < 4.78 is 5.79. The molecule has 0 amide bonds. The zero-order chi connectivity index (χ0) is 14.8. The van der Waals surface area contributed by atoms with Crippen molar-refractivity contribution in [3.05, 3.63) is 71.4 Å². The molecule has 104 valence electrons. The van der Waals surface area contributed by atoms with Crippen molar-refractivity contribution < 1.29 is 19.1 Å². The lowest BCUT2D eigenvalue weighted by Gasteiger charge is -2.02. The fourth-order valence-electron chi connectivity index (χ4n) is 2.07. The van der Waals surface area contributed by atoms with E-state index in [0.717, 1.165) is 5.56 Å². The van der Waals surface area contributed by atoms with Gasteiger partial charge in [0.1, 0.15) is 5.95 Å². The summed E-state index contributed by atoms with van der Waals surface area (Å²) in [7, 11) is 0. The molecule has 21 heavy (non-hydrogen) atoms. The zero-order valence-corrected chi connectivity index (χ0v) is 11.3. The van der Waals surface area contributed by atoms with Crippen LogP contribution >= 0.6 is 0 Å². The topological polar surface area (TPSA) is 70.0 Å². The number of benzene rings is 2. The standard InChI is InChI=1S/C16H12N2O3/c1-11-6-8-12(9-7-11)16(20)13-4-2-3-5-14(13)18-10-15(19)21-17-18/h2-10H,1H3. The van der Waals surface area contributed by atoms with Crippen LogP contribution in [0.3, 0.4) is 0 Å². The van der Waals surface area contributed by atoms with Crippen LogP contribution in [0.25, 0.3) is 5.69 Å². The molecule has 1 aromatic heterocycles. The minimum absolute atomic E-state index is 0.131. The van der Waals surface area contributed by atoms with Crippen LogP contribution in [0.15, 0.2) is 59.3 Å². The number of aryl methyl sites for hydroxylation is 1. The minimum Gasteiger partial charge on any atom is -0.539 e. The Bertz CT molecular complexity index is 791. The van der Waals surface area contributed by atoms with E-state index in [1.54, 1.807) is 36.4 Å². The lowest BCUT2D eigenvalue weighted by Crippen LogP contribution is -2.33. The molecule has 0 spiro atoms. The second-order valence-corrected chi connectivity index (χ2v) is 4.68. The Morgan fingerprint density at radius 3 is 2.52 bits per heavy atom. The van der Waals surface area contributed by atoms with E-state index in [-0.39, 0.29) is 5.78 Å². The monoisotopic (exact) mass is 280 g/mol. The summed E-state index contributed by atoms with van der Waals surface area (Å²) in [5, 5.41) is 14.7. The second kappa shape index (κ2) is 5.20. The van der Waals surface area contributed by atoms with E-state index in [1.165, 1.54) is 10.9 Å². The van der Waals surface area contributed by atoms with Gasteiger partial charge in [0.15, 0.2) is 5.78 Å². The molecule has 0 aliphatic rings. The molecule has 0 radical (unpaired) electrons. The third-order valence-electron chi connectivity index (χ3n) is 3.16. The van der Waals surface area contributed by atoms with Gasteiger partial charge in [-0.1, -0.05) is 42.0 Å². The smallest absolute Gasteiger partial charge is 0.250 e. The molecular formula is C16H12N2O3. The van der Waals surface area contributed by atoms with Gasteiger partial charge in [0.2, 0.25) is 11.9 Å². The van der Waals surface area contributed by atoms with Crippen molar-refractivity contribution in [3.8, 4) is 11.6 Å². The lowest BCUT2D eigenvalue weighted by atomic mass is 10.0. The molecule has 0 fully saturated rings. The molecule has 5 heteroatoms. The fraction of sp³-hybridized carbons (Fsp3) is 0.0625. The van der Waals surface area contributed by atoms with E-state index in [2.05, 4.69) is 9.79 Å². The van der Waals surface area contributed by atoms with Crippen LogP contribution in [0.1, 0.15) is 21.5 Å². The van der Waals surface area contributed by atoms with E-state index < -0.39 is 5.95 Å². The fourth-order valence-corrected chi connectivity index (χ4v) is 2.07. The first-order chi connectivity index (χ1) is 10.1. The maximum Gasteiger partial charge on any atom is 0.250 e. The summed E-state index contributed by atoms with van der Waals surface area (Å²) in [6.07, 6.45) is 1.20. The van der Waals surface area contributed by atoms with Crippen LogP contribution in [0.5, 0.6) is 5.95 Å². The largest absolute Gasteiger partial charge is 0.539 e. The van der Waals surface area contributed by atoms with Crippen molar-refractivity contribution in [1.29, 1.82) is 0 Å². The highest BCUT2D eigenvalue weighted by molar-refractivity contribution is 6.10. The van der Waals surface area contributed by atoms with E-state index in [1.807, 2.05) is 19.1 Å². The van der Waals surface area contributed by atoms with Crippen molar-refractivity contribution in [2.24, 2.45) is 0 Å². The SMILES string of the molecule is Cc1ccc(C(=O)c2ccccc2-[n+]2cc([O-])on2)cc1. The number of hydrogen-bond donors (Lipinski definition) is 0. The Morgan fingerprint density at radius 2 is 1.86 bits per heavy atom. The summed E-state index contributed by atoms with van der Waals surface area (Å²) in [6.45, 7) is 1.96. The summed E-state index contributed by atoms with van der Waals surface area (Å²) in [5.74, 6) is -0.693. The molecule has 0 unspecified atom stereocenters. The van der Waals surface area contributed by atoms with E-state index in [9.17, 15) is 9.90 Å². The van der Waals surface area contributed by atoms with Gasteiger partial charge in [-0.05, 0) is 17.7 Å².